The highest BCUT2D eigenvalue weighted by Crippen LogP contribution is 2.34. The maximum Gasteiger partial charge on any atom is 0.222 e. The summed E-state index contributed by atoms with van der Waals surface area (Å²) in [6.45, 7) is 1.81. The number of aryl methyl sites for hydroxylation is 1. The second kappa shape index (κ2) is 4.53. The highest BCUT2D eigenvalue weighted by atomic mass is 16.6. The Kier molecular flexibility index (Phi) is 3.28. The van der Waals surface area contributed by atoms with Gasteiger partial charge in [-0.3, -0.25) is 5.73 Å². The van der Waals surface area contributed by atoms with Crippen molar-refractivity contribution in [2.24, 2.45) is 5.73 Å². The van der Waals surface area contributed by atoms with Gasteiger partial charge in [0.1, 0.15) is 0 Å². The standard InChI is InChI=1S/C13H19NO2/c1-2-13(14,15)16-12-9-5-7-10-6-3-4-8-11(10)12/h3-4,6,8,12,15H,2,5,7,9,14H2,1H3. The summed E-state index contributed by atoms with van der Waals surface area (Å²) >= 11 is 0. The van der Waals surface area contributed by atoms with Crippen LogP contribution in [0.1, 0.15) is 43.4 Å². The Hall–Kier alpha value is -0.900. The summed E-state index contributed by atoms with van der Waals surface area (Å²) in [5, 5.41) is 9.76. The molecule has 1 aliphatic carbocycles. The molecular weight excluding hydrogens is 202 g/mol. The van der Waals surface area contributed by atoms with Crippen molar-refractivity contribution in [3.63, 3.8) is 0 Å². The Balaban J connectivity index is 2.19. The molecule has 0 fully saturated rings. The van der Waals surface area contributed by atoms with E-state index in [1.54, 1.807) is 0 Å². The van der Waals surface area contributed by atoms with Gasteiger partial charge in [0.25, 0.3) is 0 Å². The minimum absolute atomic E-state index is 0.0695. The molecule has 3 N–H and O–H groups in total. The van der Waals surface area contributed by atoms with E-state index in [0.717, 1.165) is 19.3 Å². The van der Waals surface area contributed by atoms with E-state index in [1.165, 1.54) is 11.1 Å². The summed E-state index contributed by atoms with van der Waals surface area (Å²) in [5.41, 5.74) is 8.12. The molecule has 0 aromatic heterocycles. The molecule has 0 saturated carbocycles. The van der Waals surface area contributed by atoms with Gasteiger partial charge in [-0.1, -0.05) is 31.2 Å². The Labute approximate surface area is 96.2 Å². The van der Waals surface area contributed by atoms with E-state index in [4.69, 9.17) is 10.5 Å². The Bertz CT molecular complexity index is 363. The average Bonchev–Trinajstić information content (AvgIpc) is 2.29. The maximum atomic E-state index is 9.76. The summed E-state index contributed by atoms with van der Waals surface area (Å²) in [5.74, 6) is -1.50. The molecule has 0 bridgehead atoms. The van der Waals surface area contributed by atoms with Crippen LogP contribution in [0.4, 0.5) is 0 Å². The Morgan fingerprint density at radius 1 is 1.50 bits per heavy atom. The normalized spacial score (nSPS) is 23.6. The van der Waals surface area contributed by atoms with E-state index in [2.05, 4.69) is 12.1 Å². The van der Waals surface area contributed by atoms with E-state index in [-0.39, 0.29) is 6.10 Å². The number of benzene rings is 1. The van der Waals surface area contributed by atoms with Crippen LogP contribution < -0.4 is 5.73 Å². The van der Waals surface area contributed by atoms with Gasteiger partial charge in [0.15, 0.2) is 0 Å². The molecule has 3 heteroatoms. The molecule has 16 heavy (non-hydrogen) atoms. The lowest BCUT2D eigenvalue weighted by atomic mass is 9.89. The predicted octanol–water partition coefficient (Wildman–Crippen LogP) is 2.10. The lowest BCUT2D eigenvalue weighted by molar-refractivity contribution is -0.232. The van der Waals surface area contributed by atoms with Crippen molar-refractivity contribution in [3.8, 4) is 0 Å². The van der Waals surface area contributed by atoms with Gasteiger partial charge >= 0.3 is 0 Å². The number of fused-ring (bicyclic) bond motifs is 1. The zero-order chi connectivity index (χ0) is 11.6. The van der Waals surface area contributed by atoms with Crippen LogP contribution in [-0.2, 0) is 11.2 Å². The first-order valence-corrected chi connectivity index (χ1v) is 5.89. The number of ether oxygens (including phenoxy) is 1. The van der Waals surface area contributed by atoms with Crippen LogP contribution in [0.3, 0.4) is 0 Å². The van der Waals surface area contributed by atoms with Gasteiger partial charge in [0.2, 0.25) is 5.91 Å². The summed E-state index contributed by atoms with van der Waals surface area (Å²) in [4.78, 5) is 0. The maximum absolute atomic E-state index is 9.76. The summed E-state index contributed by atoms with van der Waals surface area (Å²) in [7, 11) is 0. The molecule has 1 aliphatic rings. The third kappa shape index (κ3) is 2.43. The first-order chi connectivity index (χ1) is 7.62. The first-order valence-electron chi connectivity index (χ1n) is 5.89. The number of rotatable bonds is 3. The number of hydrogen-bond donors (Lipinski definition) is 2. The van der Waals surface area contributed by atoms with E-state index < -0.39 is 5.91 Å². The molecule has 0 spiro atoms. The van der Waals surface area contributed by atoms with Crippen LogP contribution >= 0.6 is 0 Å². The zero-order valence-electron chi connectivity index (χ0n) is 9.65. The topological polar surface area (TPSA) is 55.5 Å². The molecule has 0 amide bonds. The van der Waals surface area contributed by atoms with Crippen molar-refractivity contribution >= 4 is 0 Å². The van der Waals surface area contributed by atoms with Crippen LogP contribution in [-0.4, -0.2) is 11.0 Å². The second-order valence-corrected chi connectivity index (χ2v) is 4.40. The van der Waals surface area contributed by atoms with Gasteiger partial charge in [-0.2, -0.15) is 0 Å². The monoisotopic (exact) mass is 221 g/mol. The van der Waals surface area contributed by atoms with Gasteiger partial charge in [-0.25, -0.2) is 0 Å². The molecule has 1 aromatic carbocycles. The van der Waals surface area contributed by atoms with Crippen molar-refractivity contribution in [1.82, 2.24) is 0 Å². The van der Waals surface area contributed by atoms with E-state index >= 15 is 0 Å². The van der Waals surface area contributed by atoms with Crippen LogP contribution in [0.5, 0.6) is 0 Å². The second-order valence-electron chi connectivity index (χ2n) is 4.40. The third-order valence-electron chi connectivity index (χ3n) is 3.17. The van der Waals surface area contributed by atoms with E-state index in [1.807, 2.05) is 19.1 Å². The summed E-state index contributed by atoms with van der Waals surface area (Å²) in [6.07, 6.45) is 3.43. The molecule has 2 rings (SSSR count). The fourth-order valence-corrected chi connectivity index (χ4v) is 2.16. The van der Waals surface area contributed by atoms with Crippen molar-refractivity contribution < 1.29 is 9.84 Å². The van der Waals surface area contributed by atoms with E-state index in [9.17, 15) is 5.11 Å². The molecular formula is C13H19NO2. The third-order valence-corrected chi connectivity index (χ3v) is 3.17. The number of aliphatic hydroxyl groups is 1. The summed E-state index contributed by atoms with van der Waals surface area (Å²) < 4.78 is 5.59. The van der Waals surface area contributed by atoms with E-state index in [0.29, 0.717) is 6.42 Å². The fourth-order valence-electron chi connectivity index (χ4n) is 2.16. The molecule has 2 unspecified atom stereocenters. The lowest BCUT2D eigenvalue weighted by Gasteiger charge is -2.32. The van der Waals surface area contributed by atoms with Gasteiger partial charge in [0, 0.05) is 6.42 Å². The molecule has 1 aromatic rings. The number of nitrogens with two attached hydrogens (primary N) is 1. The van der Waals surface area contributed by atoms with Crippen molar-refractivity contribution in [3.05, 3.63) is 35.4 Å². The Morgan fingerprint density at radius 2 is 2.25 bits per heavy atom. The van der Waals surface area contributed by atoms with Gasteiger partial charge < -0.3 is 9.84 Å². The van der Waals surface area contributed by atoms with Gasteiger partial charge in [-0.15, -0.1) is 0 Å². The average molecular weight is 221 g/mol. The lowest BCUT2D eigenvalue weighted by Crippen LogP contribution is -2.43. The smallest absolute Gasteiger partial charge is 0.222 e. The highest BCUT2D eigenvalue weighted by molar-refractivity contribution is 5.31. The molecule has 3 nitrogen and oxygen atoms in total. The number of hydrogen-bond acceptors (Lipinski definition) is 3. The van der Waals surface area contributed by atoms with Gasteiger partial charge in [-0.05, 0) is 30.4 Å². The van der Waals surface area contributed by atoms with Gasteiger partial charge in [0.05, 0.1) is 6.10 Å². The first kappa shape index (κ1) is 11.6. The summed E-state index contributed by atoms with van der Waals surface area (Å²) in [6, 6.07) is 8.22. The fraction of sp³-hybridized carbons (Fsp3) is 0.538. The molecule has 88 valence electrons. The molecule has 0 radical (unpaired) electrons. The van der Waals surface area contributed by atoms with Crippen LogP contribution in [0.2, 0.25) is 0 Å². The highest BCUT2D eigenvalue weighted by Gasteiger charge is 2.28. The van der Waals surface area contributed by atoms with Crippen molar-refractivity contribution in [2.45, 2.75) is 44.6 Å². The molecule has 0 saturated heterocycles. The molecule has 2 atom stereocenters. The van der Waals surface area contributed by atoms with Crippen LogP contribution in [0.15, 0.2) is 24.3 Å². The molecule has 0 aliphatic heterocycles. The van der Waals surface area contributed by atoms with Crippen LogP contribution in [0.25, 0.3) is 0 Å². The SMILES string of the molecule is CCC(N)(O)OC1CCCc2ccccc21. The Morgan fingerprint density at radius 3 is 3.00 bits per heavy atom. The predicted molar refractivity (Wildman–Crippen MR) is 62.6 cm³/mol. The molecule has 0 heterocycles. The van der Waals surface area contributed by atoms with Crippen molar-refractivity contribution in [2.75, 3.05) is 0 Å². The quantitative estimate of drug-likeness (QED) is 0.768. The largest absolute Gasteiger partial charge is 0.353 e. The zero-order valence-corrected chi connectivity index (χ0v) is 9.65. The minimum atomic E-state index is -1.50. The minimum Gasteiger partial charge on any atom is -0.353 e. The van der Waals surface area contributed by atoms with Crippen molar-refractivity contribution in [1.29, 1.82) is 0 Å². The van der Waals surface area contributed by atoms with Crippen LogP contribution in [0, 0.1) is 0 Å².